The highest BCUT2D eigenvalue weighted by Crippen LogP contribution is 2.26. The molecule has 4 nitrogen and oxygen atoms in total. The van der Waals surface area contributed by atoms with Gasteiger partial charge < -0.3 is 9.88 Å². The number of nitrogens with one attached hydrogen (secondary N) is 1. The molecule has 0 radical (unpaired) electrons. The molecule has 158 valence electrons. The second kappa shape index (κ2) is 9.32. The van der Waals surface area contributed by atoms with Gasteiger partial charge in [-0.15, -0.1) is 0 Å². The number of benzene rings is 3. The first kappa shape index (κ1) is 21.7. The van der Waals surface area contributed by atoms with Gasteiger partial charge in [-0.2, -0.15) is 5.26 Å². The standard InChI is InChI=1S/C26H19Cl2N3O/c1-17-12-22(28)10-11-24(17)30-26(32)19(14-29)13-20-16-31(25-5-3-2-4-23(20)25)15-18-6-8-21(27)9-7-18/h2-13,16H,15H2,1H3,(H,30,32)/b19-13+. The van der Waals surface area contributed by atoms with Crippen molar-refractivity contribution in [2.75, 3.05) is 5.32 Å². The Bertz CT molecular complexity index is 1380. The lowest BCUT2D eigenvalue weighted by atomic mass is 10.1. The Hall–Kier alpha value is -3.52. The van der Waals surface area contributed by atoms with Gasteiger partial charge in [-0.1, -0.05) is 53.5 Å². The molecule has 0 bridgehead atoms. The minimum Gasteiger partial charge on any atom is -0.342 e. The molecule has 4 rings (SSSR count). The number of nitrogens with zero attached hydrogens (tertiary/aromatic N) is 2. The fourth-order valence-corrected chi connectivity index (χ4v) is 3.92. The van der Waals surface area contributed by atoms with E-state index in [1.165, 1.54) is 0 Å². The van der Waals surface area contributed by atoms with Crippen molar-refractivity contribution in [1.29, 1.82) is 5.26 Å². The molecule has 4 aromatic rings. The topological polar surface area (TPSA) is 57.8 Å². The van der Waals surface area contributed by atoms with Crippen molar-refractivity contribution in [2.24, 2.45) is 0 Å². The van der Waals surface area contributed by atoms with Gasteiger partial charge in [-0.25, -0.2) is 0 Å². The average Bonchev–Trinajstić information content (AvgIpc) is 3.12. The fourth-order valence-electron chi connectivity index (χ4n) is 3.57. The second-order valence-corrected chi connectivity index (χ2v) is 8.31. The summed E-state index contributed by atoms with van der Waals surface area (Å²) < 4.78 is 2.10. The summed E-state index contributed by atoms with van der Waals surface area (Å²) in [5, 5.41) is 14.7. The number of carbonyl (C=O) groups is 1. The number of carbonyl (C=O) groups excluding carboxylic acids is 1. The summed E-state index contributed by atoms with van der Waals surface area (Å²) in [6, 6.07) is 22.8. The number of aryl methyl sites for hydroxylation is 1. The molecule has 6 heteroatoms. The van der Waals surface area contributed by atoms with E-state index in [4.69, 9.17) is 23.2 Å². The number of hydrogen-bond acceptors (Lipinski definition) is 2. The number of fused-ring (bicyclic) bond motifs is 1. The van der Waals surface area contributed by atoms with Crippen LogP contribution in [0, 0.1) is 18.3 Å². The molecular weight excluding hydrogens is 441 g/mol. The van der Waals surface area contributed by atoms with Crippen LogP contribution in [0.15, 0.2) is 78.5 Å². The summed E-state index contributed by atoms with van der Waals surface area (Å²) in [6.45, 7) is 2.49. The van der Waals surface area contributed by atoms with E-state index in [-0.39, 0.29) is 5.57 Å². The minimum atomic E-state index is -0.465. The second-order valence-electron chi connectivity index (χ2n) is 7.44. The zero-order valence-electron chi connectivity index (χ0n) is 17.3. The first-order valence-electron chi connectivity index (χ1n) is 9.96. The normalized spacial score (nSPS) is 11.4. The number of hydrogen-bond donors (Lipinski definition) is 1. The van der Waals surface area contributed by atoms with Crippen molar-refractivity contribution in [3.05, 3.63) is 105 Å². The maximum absolute atomic E-state index is 12.8. The van der Waals surface area contributed by atoms with Crippen LogP contribution in [0.1, 0.15) is 16.7 Å². The van der Waals surface area contributed by atoms with E-state index in [0.717, 1.165) is 27.6 Å². The van der Waals surface area contributed by atoms with Gasteiger partial charge in [0, 0.05) is 44.9 Å². The number of halogens is 2. The predicted octanol–water partition coefficient (Wildman–Crippen LogP) is 6.85. The lowest BCUT2D eigenvalue weighted by molar-refractivity contribution is -0.112. The Kier molecular flexibility index (Phi) is 6.32. The van der Waals surface area contributed by atoms with Crippen molar-refractivity contribution >= 4 is 51.8 Å². The number of aromatic nitrogens is 1. The predicted molar refractivity (Wildman–Crippen MR) is 131 cm³/mol. The monoisotopic (exact) mass is 459 g/mol. The van der Waals surface area contributed by atoms with E-state index < -0.39 is 5.91 Å². The molecule has 0 saturated carbocycles. The molecule has 0 aliphatic carbocycles. The Morgan fingerprint density at radius 3 is 2.50 bits per heavy atom. The Morgan fingerprint density at radius 1 is 1.06 bits per heavy atom. The van der Waals surface area contributed by atoms with Gasteiger partial charge in [0.15, 0.2) is 0 Å². The SMILES string of the molecule is Cc1cc(Cl)ccc1NC(=O)/C(C#N)=C/c1cn(Cc2ccc(Cl)cc2)c2ccccc12. The Morgan fingerprint density at radius 2 is 1.78 bits per heavy atom. The lowest BCUT2D eigenvalue weighted by Gasteiger charge is -2.08. The maximum atomic E-state index is 12.8. The van der Waals surface area contributed by atoms with E-state index in [1.807, 2.05) is 67.7 Å². The van der Waals surface area contributed by atoms with Crippen LogP contribution in [0.2, 0.25) is 10.0 Å². The third-order valence-corrected chi connectivity index (χ3v) is 5.67. The molecule has 1 aromatic heterocycles. The first-order chi connectivity index (χ1) is 15.4. The van der Waals surface area contributed by atoms with Gasteiger partial charge in [-0.05, 0) is 60.5 Å². The van der Waals surface area contributed by atoms with Crippen LogP contribution >= 0.6 is 23.2 Å². The first-order valence-corrected chi connectivity index (χ1v) is 10.7. The highest BCUT2D eigenvalue weighted by atomic mass is 35.5. The van der Waals surface area contributed by atoms with Crippen molar-refractivity contribution in [3.8, 4) is 6.07 Å². The van der Waals surface area contributed by atoms with Crippen LogP contribution in [-0.2, 0) is 11.3 Å². The van der Waals surface area contributed by atoms with Crippen molar-refractivity contribution in [3.63, 3.8) is 0 Å². The lowest BCUT2D eigenvalue weighted by Crippen LogP contribution is -2.14. The van der Waals surface area contributed by atoms with Crippen molar-refractivity contribution in [2.45, 2.75) is 13.5 Å². The average molecular weight is 460 g/mol. The highest BCUT2D eigenvalue weighted by Gasteiger charge is 2.14. The van der Waals surface area contributed by atoms with Crippen LogP contribution in [0.4, 0.5) is 5.69 Å². The number of rotatable bonds is 5. The van der Waals surface area contributed by atoms with Crippen molar-refractivity contribution < 1.29 is 4.79 Å². The molecule has 0 aliphatic rings. The number of nitriles is 1. The highest BCUT2D eigenvalue weighted by molar-refractivity contribution is 6.31. The van der Waals surface area contributed by atoms with Gasteiger partial charge in [-0.3, -0.25) is 4.79 Å². The zero-order chi connectivity index (χ0) is 22.7. The molecule has 32 heavy (non-hydrogen) atoms. The summed E-state index contributed by atoms with van der Waals surface area (Å²) in [4.78, 5) is 12.8. The molecule has 0 spiro atoms. The molecule has 1 N–H and O–H groups in total. The summed E-state index contributed by atoms with van der Waals surface area (Å²) in [7, 11) is 0. The van der Waals surface area contributed by atoms with Gasteiger partial charge in [0.1, 0.15) is 11.6 Å². The third kappa shape index (κ3) is 4.70. The minimum absolute atomic E-state index is 0.0220. The molecule has 0 atom stereocenters. The summed E-state index contributed by atoms with van der Waals surface area (Å²) in [6.07, 6.45) is 3.58. The Labute approximate surface area is 196 Å². The fraction of sp³-hybridized carbons (Fsp3) is 0.0769. The largest absolute Gasteiger partial charge is 0.342 e. The van der Waals surface area contributed by atoms with Gasteiger partial charge in [0.05, 0.1) is 0 Å². The van der Waals surface area contributed by atoms with Gasteiger partial charge in [0.25, 0.3) is 5.91 Å². The number of amides is 1. The van der Waals surface area contributed by atoms with Gasteiger partial charge >= 0.3 is 0 Å². The molecule has 0 saturated heterocycles. The third-order valence-electron chi connectivity index (χ3n) is 5.19. The molecule has 1 amide bonds. The van der Waals surface area contributed by atoms with Crippen LogP contribution in [-0.4, -0.2) is 10.5 Å². The van der Waals surface area contributed by atoms with E-state index >= 15 is 0 Å². The molecule has 0 unspecified atom stereocenters. The number of para-hydroxylation sites is 1. The quantitative estimate of drug-likeness (QED) is 0.262. The van der Waals surface area contributed by atoms with Crippen LogP contribution < -0.4 is 5.32 Å². The molecular formula is C26H19Cl2N3O. The van der Waals surface area contributed by atoms with Crippen molar-refractivity contribution in [1.82, 2.24) is 4.57 Å². The maximum Gasteiger partial charge on any atom is 0.266 e. The van der Waals surface area contributed by atoms with E-state index in [1.54, 1.807) is 24.3 Å². The smallest absolute Gasteiger partial charge is 0.266 e. The molecule has 1 heterocycles. The van der Waals surface area contributed by atoms with E-state index in [2.05, 4.69) is 9.88 Å². The summed E-state index contributed by atoms with van der Waals surface area (Å²) in [5.41, 5.74) is 4.37. The molecule has 0 aliphatic heterocycles. The summed E-state index contributed by atoms with van der Waals surface area (Å²) >= 11 is 12.0. The van der Waals surface area contributed by atoms with Crippen LogP contribution in [0.3, 0.4) is 0 Å². The van der Waals surface area contributed by atoms with Crippen LogP contribution in [0.25, 0.3) is 17.0 Å². The number of anilines is 1. The molecule has 0 fully saturated rings. The summed E-state index contributed by atoms with van der Waals surface area (Å²) in [5.74, 6) is -0.465. The Balaban J connectivity index is 1.67. The van der Waals surface area contributed by atoms with E-state index in [0.29, 0.717) is 22.3 Å². The van der Waals surface area contributed by atoms with E-state index in [9.17, 15) is 10.1 Å². The van der Waals surface area contributed by atoms with Gasteiger partial charge in [0.2, 0.25) is 0 Å². The zero-order valence-corrected chi connectivity index (χ0v) is 18.8. The van der Waals surface area contributed by atoms with Crippen LogP contribution in [0.5, 0.6) is 0 Å². The molecule has 3 aromatic carbocycles.